The molecule has 2 amide bonds. The average molecular weight is 471 g/mol. The van der Waals surface area contributed by atoms with Gasteiger partial charge in [-0.05, 0) is 37.1 Å². The number of carbonyl (C=O) groups excluding carboxylic acids is 2. The maximum atomic E-state index is 13.8. The van der Waals surface area contributed by atoms with Gasteiger partial charge < -0.3 is 19.7 Å². The van der Waals surface area contributed by atoms with Gasteiger partial charge in [-0.2, -0.15) is 0 Å². The number of nitrogens with one attached hydrogen (secondary N) is 1. The molecule has 1 aliphatic heterocycles. The van der Waals surface area contributed by atoms with Crippen molar-refractivity contribution in [3.8, 4) is 11.5 Å². The molecular formula is C23H23FN4O4S. The smallest absolute Gasteiger partial charge is 0.286 e. The van der Waals surface area contributed by atoms with Crippen molar-refractivity contribution in [1.82, 2.24) is 15.1 Å². The fourth-order valence-corrected chi connectivity index (χ4v) is 4.58. The van der Waals surface area contributed by atoms with Gasteiger partial charge in [0.05, 0.1) is 19.9 Å². The van der Waals surface area contributed by atoms with Gasteiger partial charge in [-0.1, -0.05) is 23.5 Å². The molecule has 0 bridgehead atoms. The Morgan fingerprint density at radius 3 is 2.36 bits per heavy atom. The minimum Gasteiger partial charge on any atom is -0.497 e. The zero-order valence-corrected chi connectivity index (χ0v) is 19.0. The van der Waals surface area contributed by atoms with E-state index in [2.05, 4.69) is 15.5 Å². The number of ether oxygens (including phenoxy) is 2. The van der Waals surface area contributed by atoms with Gasteiger partial charge in [0.1, 0.15) is 22.3 Å². The van der Waals surface area contributed by atoms with Crippen LogP contribution in [0.3, 0.4) is 0 Å². The number of halogens is 1. The number of anilines is 1. The summed E-state index contributed by atoms with van der Waals surface area (Å²) in [5.41, 5.74) is 0.605. The number of benzene rings is 2. The molecule has 0 radical (unpaired) electrons. The summed E-state index contributed by atoms with van der Waals surface area (Å²) in [5, 5.41) is 11.6. The summed E-state index contributed by atoms with van der Waals surface area (Å²) in [7, 11) is 3.09. The molecule has 8 nitrogen and oxygen atoms in total. The first-order chi connectivity index (χ1) is 16.0. The first kappa shape index (κ1) is 22.7. The zero-order chi connectivity index (χ0) is 23.4. The molecular weight excluding hydrogens is 447 g/mol. The normalized spacial score (nSPS) is 14.1. The third-order valence-corrected chi connectivity index (χ3v) is 6.57. The number of carbonyl (C=O) groups is 2. The second-order valence-corrected chi connectivity index (χ2v) is 8.56. The Bertz CT molecular complexity index is 1140. The van der Waals surface area contributed by atoms with E-state index >= 15 is 0 Å². The summed E-state index contributed by atoms with van der Waals surface area (Å²) in [6.07, 6.45) is 1.41. The van der Waals surface area contributed by atoms with E-state index in [1.165, 1.54) is 23.5 Å². The molecule has 10 heteroatoms. The Morgan fingerprint density at radius 2 is 1.73 bits per heavy atom. The molecule has 1 aromatic heterocycles. The Kier molecular flexibility index (Phi) is 6.83. The molecule has 0 spiro atoms. The van der Waals surface area contributed by atoms with Gasteiger partial charge in [0.2, 0.25) is 5.01 Å². The number of nitrogens with zero attached hydrogens (tertiary/aromatic N) is 3. The number of hydrogen-bond donors (Lipinski definition) is 1. The lowest BCUT2D eigenvalue weighted by Crippen LogP contribution is -2.37. The van der Waals surface area contributed by atoms with Crippen LogP contribution in [0.5, 0.6) is 11.5 Å². The highest BCUT2D eigenvalue weighted by atomic mass is 32.1. The second-order valence-electron chi connectivity index (χ2n) is 7.55. The van der Waals surface area contributed by atoms with Crippen LogP contribution in [0.2, 0.25) is 0 Å². The number of hydrogen-bond acceptors (Lipinski definition) is 7. The lowest BCUT2D eigenvalue weighted by molar-refractivity contribution is 0.0712. The highest BCUT2D eigenvalue weighted by Crippen LogP contribution is 2.32. The molecule has 0 saturated carbocycles. The van der Waals surface area contributed by atoms with Crippen LogP contribution in [0.15, 0.2) is 42.5 Å². The zero-order valence-electron chi connectivity index (χ0n) is 18.2. The molecule has 172 valence electrons. The van der Waals surface area contributed by atoms with Gasteiger partial charge in [-0.15, -0.1) is 10.2 Å². The maximum Gasteiger partial charge on any atom is 0.286 e. The number of methoxy groups -OCH3 is 2. The van der Waals surface area contributed by atoms with E-state index in [0.717, 1.165) is 5.01 Å². The summed E-state index contributed by atoms with van der Waals surface area (Å²) in [5.74, 6) is 0.115. The third-order valence-electron chi connectivity index (χ3n) is 5.49. The first-order valence-electron chi connectivity index (χ1n) is 10.4. The van der Waals surface area contributed by atoms with Crippen molar-refractivity contribution in [2.24, 2.45) is 0 Å². The SMILES string of the molecule is COc1cc(OC)cc(C(=O)N2CCC(c3nnc(C(=O)Nc4ccccc4F)s3)CC2)c1. The Labute approximate surface area is 194 Å². The predicted octanol–water partition coefficient (Wildman–Crippen LogP) is 3.97. The predicted molar refractivity (Wildman–Crippen MR) is 122 cm³/mol. The van der Waals surface area contributed by atoms with Crippen LogP contribution in [0.1, 0.15) is 43.9 Å². The van der Waals surface area contributed by atoms with Crippen LogP contribution in [-0.2, 0) is 0 Å². The molecule has 1 saturated heterocycles. The van der Waals surface area contributed by atoms with Crippen molar-refractivity contribution in [2.45, 2.75) is 18.8 Å². The first-order valence-corrected chi connectivity index (χ1v) is 11.2. The topological polar surface area (TPSA) is 93.7 Å². The number of piperidine rings is 1. The van der Waals surface area contributed by atoms with Crippen LogP contribution in [0, 0.1) is 5.82 Å². The van der Waals surface area contributed by atoms with E-state index in [0.29, 0.717) is 43.0 Å². The van der Waals surface area contributed by atoms with Crippen LogP contribution in [0.4, 0.5) is 10.1 Å². The molecule has 2 aromatic carbocycles. The summed E-state index contributed by atoms with van der Waals surface area (Å²) in [6, 6.07) is 11.1. The fourth-order valence-electron chi connectivity index (χ4n) is 3.67. The molecule has 0 atom stereocenters. The van der Waals surface area contributed by atoms with Crippen molar-refractivity contribution in [1.29, 1.82) is 0 Å². The van der Waals surface area contributed by atoms with Gasteiger partial charge in [0.25, 0.3) is 11.8 Å². The Hall–Kier alpha value is -3.53. The van der Waals surface area contributed by atoms with Crippen molar-refractivity contribution < 1.29 is 23.5 Å². The highest BCUT2D eigenvalue weighted by Gasteiger charge is 2.28. The molecule has 3 aromatic rings. The van der Waals surface area contributed by atoms with E-state index in [-0.39, 0.29) is 22.5 Å². The number of amides is 2. The lowest BCUT2D eigenvalue weighted by atomic mass is 9.97. The second kappa shape index (κ2) is 9.95. The average Bonchev–Trinajstić information content (AvgIpc) is 3.35. The molecule has 0 aliphatic carbocycles. The lowest BCUT2D eigenvalue weighted by Gasteiger charge is -2.31. The van der Waals surface area contributed by atoms with Crippen LogP contribution < -0.4 is 14.8 Å². The van der Waals surface area contributed by atoms with Crippen molar-refractivity contribution in [2.75, 3.05) is 32.6 Å². The maximum absolute atomic E-state index is 13.8. The molecule has 2 heterocycles. The fraction of sp³-hybridized carbons (Fsp3) is 0.304. The van der Waals surface area contributed by atoms with Crippen LogP contribution >= 0.6 is 11.3 Å². The van der Waals surface area contributed by atoms with Crippen molar-refractivity contribution in [3.63, 3.8) is 0 Å². The summed E-state index contributed by atoms with van der Waals surface area (Å²) in [6.45, 7) is 1.11. The van der Waals surface area contributed by atoms with Gasteiger partial charge in [0.15, 0.2) is 0 Å². The number of likely N-dealkylation sites (tertiary alicyclic amines) is 1. The van der Waals surface area contributed by atoms with E-state index < -0.39 is 11.7 Å². The summed E-state index contributed by atoms with van der Waals surface area (Å²) >= 11 is 1.20. The molecule has 33 heavy (non-hydrogen) atoms. The van der Waals surface area contributed by atoms with E-state index in [1.807, 2.05) is 0 Å². The van der Waals surface area contributed by atoms with Crippen molar-refractivity contribution >= 4 is 28.8 Å². The largest absolute Gasteiger partial charge is 0.497 e. The number of aromatic nitrogens is 2. The molecule has 1 fully saturated rings. The Balaban J connectivity index is 1.38. The third kappa shape index (κ3) is 5.11. The Morgan fingerprint density at radius 1 is 1.06 bits per heavy atom. The molecule has 4 rings (SSSR count). The van der Waals surface area contributed by atoms with E-state index in [1.54, 1.807) is 49.5 Å². The van der Waals surface area contributed by atoms with Crippen LogP contribution in [-0.4, -0.2) is 54.2 Å². The molecule has 0 unspecified atom stereocenters. The van der Waals surface area contributed by atoms with Gasteiger partial charge in [-0.25, -0.2) is 4.39 Å². The van der Waals surface area contributed by atoms with Crippen LogP contribution in [0.25, 0.3) is 0 Å². The highest BCUT2D eigenvalue weighted by molar-refractivity contribution is 7.13. The van der Waals surface area contributed by atoms with Gasteiger partial charge >= 0.3 is 0 Å². The minimum atomic E-state index is -0.513. The molecule has 1 aliphatic rings. The summed E-state index contributed by atoms with van der Waals surface area (Å²) < 4.78 is 24.3. The van der Waals surface area contributed by atoms with E-state index in [4.69, 9.17) is 9.47 Å². The monoisotopic (exact) mass is 470 g/mol. The summed E-state index contributed by atoms with van der Waals surface area (Å²) in [4.78, 5) is 27.2. The minimum absolute atomic E-state index is 0.0899. The van der Waals surface area contributed by atoms with Gasteiger partial charge in [0, 0.05) is 30.6 Å². The number of rotatable bonds is 6. The van der Waals surface area contributed by atoms with Gasteiger partial charge in [-0.3, -0.25) is 9.59 Å². The molecule has 1 N–H and O–H groups in total. The van der Waals surface area contributed by atoms with E-state index in [9.17, 15) is 14.0 Å². The standard InChI is InChI=1S/C23H23FN4O4S/c1-31-16-11-15(12-17(13-16)32-2)23(30)28-9-7-14(8-10-28)21-26-27-22(33-21)20(29)25-19-6-4-3-5-18(19)24/h3-6,11-14H,7-10H2,1-2H3,(H,25,29). The van der Waals surface area contributed by atoms with Crippen molar-refractivity contribution in [3.05, 3.63) is 63.9 Å². The number of para-hydroxylation sites is 1. The quantitative estimate of drug-likeness (QED) is 0.586.